The monoisotopic (exact) mass is 164 g/mol. The Labute approximate surface area is 66.4 Å². The summed E-state index contributed by atoms with van der Waals surface area (Å²) in [5.41, 5.74) is 0. The first-order chi connectivity index (χ1) is 5.20. The topological polar surface area (TPSA) is 69.9 Å². The standard InChI is InChI=1S/C7H16O4/c1-2-3-7(10)11-5-6(9)4-8/h6-10H,2-5H2,1H3. The van der Waals surface area contributed by atoms with Crippen LogP contribution >= 0.6 is 0 Å². The smallest absolute Gasteiger partial charge is 0.154 e. The van der Waals surface area contributed by atoms with Crippen molar-refractivity contribution in [1.82, 2.24) is 0 Å². The van der Waals surface area contributed by atoms with Crippen molar-refractivity contribution in [2.45, 2.75) is 32.2 Å². The number of ether oxygens (including phenoxy) is 1. The van der Waals surface area contributed by atoms with Crippen molar-refractivity contribution in [3.63, 3.8) is 0 Å². The second kappa shape index (κ2) is 6.54. The Kier molecular flexibility index (Phi) is 6.45. The van der Waals surface area contributed by atoms with E-state index in [0.717, 1.165) is 6.42 Å². The van der Waals surface area contributed by atoms with Gasteiger partial charge >= 0.3 is 0 Å². The zero-order valence-electron chi connectivity index (χ0n) is 6.73. The highest BCUT2D eigenvalue weighted by molar-refractivity contribution is 4.50. The fraction of sp³-hybridized carbons (Fsp3) is 1.00. The molecule has 0 aliphatic heterocycles. The molecule has 0 heterocycles. The van der Waals surface area contributed by atoms with Gasteiger partial charge in [0.05, 0.1) is 13.2 Å². The quantitative estimate of drug-likeness (QED) is 0.462. The molecule has 0 fully saturated rings. The summed E-state index contributed by atoms with van der Waals surface area (Å²) in [5.74, 6) is 0. The van der Waals surface area contributed by atoms with E-state index < -0.39 is 12.4 Å². The summed E-state index contributed by atoms with van der Waals surface area (Å²) in [6.07, 6.45) is -0.322. The lowest BCUT2D eigenvalue weighted by Gasteiger charge is -2.12. The molecule has 0 rings (SSSR count). The Balaban J connectivity index is 3.22. The zero-order chi connectivity index (χ0) is 8.69. The number of rotatable bonds is 6. The summed E-state index contributed by atoms with van der Waals surface area (Å²) in [5, 5.41) is 26.1. The molecule has 0 saturated heterocycles. The summed E-state index contributed by atoms with van der Waals surface area (Å²) in [6, 6.07) is 0. The lowest BCUT2D eigenvalue weighted by molar-refractivity contribution is -0.129. The average molecular weight is 164 g/mol. The Morgan fingerprint density at radius 1 is 1.36 bits per heavy atom. The van der Waals surface area contributed by atoms with Crippen LogP contribution in [0.5, 0.6) is 0 Å². The Morgan fingerprint density at radius 2 is 2.00 bits per heavy atom. The van der Waals surface area contributed by atoms with E-state index in [4.69, 9.17) is 20.1 Å². The third kappa shape index (κ3) is 6.25. The van der Waals surface area contributed by atoms with E-state index in [9.17, 15) is 0 Å². The number of hydrogen-bond acceptors (Lipinski definition) is 4. The second-order valence-electron chi connectivity index (χ2n) is 2.41. The van der Waals surface area contributed by atoms with Gasteiger partial charge in [-0.1, -0.05) is 13.3 Å². The molecular formula is C7H16O4. The molecule has 0 aliphatic carbocycles. The van der Waals surface area contributed by atoms with Crippen LogP contribution in [0.1, 0.15) is 19.8 Å². The fourth-order valence-corrected chi connectivity index (χ4v) is 0.605. The molecular weight excluding hydrogens is 148 g/mol. The molecule has 2 unspecified atom stereocenters. The maximum Gasteiger partial charge on any atom is 0.154 e. The minimum Gasteiger partial charge on any atom is -0.394 e. The van der Waals surface area contributed by atoms with Gasteiger partial charge in [0.15, 0.2) is 6.29 Å². The van der Waals surface area contributed by atoms with Crippen LogP contribution in [-0.2, 0) is 4.74 Å². The van der Waals surface area contributed by atoms with Crippen molar-refractivity contribution in [1.29, 1.82) is 0 Å². The van der Waals surface area contributed by atoms with Gasteiger partial charge in [-0.3, -0.25) is 0 Å². The molecule has 0 amide bonds. The van der Waals surface area contributed by atoms with Crippen LogP contribution in [-0.4, -0.2) is 40.9 Å². The molecule has 68 valence electrons. The fourth-order valence-electron chi connectivity index (χ4n) is 0.605. The zero-order valence-corrected chi connectivity index (χ0v) is 6.73. The molecule has 0 aromatic heterocycles. The van der Waals surface area contributed by atoms with Crippen LogP contribution in [0.2, 0.25) is 0 Å². The Morgan fingerprint density at radius 3 is 2.45 bits per heavy atom. The molecule has 0 radical (unpaired) electrons. The summed E-state index contributed by atoms with van der Waals surface area (Å²) in [4.78, 5) is 0. The summed E-state index contributed by atoms with van der Waals surface area (Å²) in [6.45, 7) is 1.57. The molecule has 0 aliphatic rings. The van der Waals surface area contributed by atoms with Crippen molar-refractivity contribution in [2.75, 3.05) is 13.2 Å². The van der Waals surface area contributed by atoms with Crippen molar-refractivity contribution in [3.8, 4) is 0 Å². The van der Waals surface area contributed by atoms with Crippen LogP contribution in [0.3, 0.4) is 0 Å². The van der Waals surface area contributed by atoms with E-state index in [2.05, 4.69) is 0 Å². The second-order valence-corrected chi connectivity index (χ2v) is 2.41. The highest BCUT2D eigenvalue weighted by atomic mass is 16.6. The molecule has 4 nitrogen and oxygen atoms in total. The van der Waals surface area contributed by atoms with Gasteiger partial charge in [0.2, 0.25) is 0 Å². The van der Waals surface area contributed by atoms with E-state index in [1.54, 1.807) is 0 Å². The minimum atomic E-state index is -0.887. The van der Waals surface area contributed by atoms with Crippen molar-refractivity contribution in [3.05, 3.63) is 0 Å². The molecule has 4 heteroatoms. The van der Waals surface area contributed by atoms with Crippen molar-refractivity contribution >= 4 is 0 Å². The Hall–Kier alpha value is -0.160. The van der Waals surface area contributed by atoms with Gasteiger partial charge in [0.25, 0.3) is 0 Å². The molecule has 0 aromatic carbocycles. The van der Waals surface area contributed by atoms with Crippen LogP contribution in [0.4, 0.5) is 0 Å². The highest BCUT2D eigenvalue weighted by Gasteiger charge is 2.06. The number of aliphatic hydroxyl groups excluding tert-OH is 3. The van der Waals surface area contributed by atoms with Crippen molar-refractivity contribution in [2.24, 2.45) is 0 Å². The maximum absolute atomic E-state index is 8.98. The van der Waals surface area contributed by atoms with Crippen LogP contribution in [0, 0.1) is 0 Å². The molecule has 3 N–H and O–H groups in total. The predicted molar refractivity (Wildman–Crippen MR) is 40.0 cm³/mol. The van der Waals surface area contributed by atoms with Gasteiger partial charge in [-0.2, -0.15) is 0 Å². The van der Waals surface area contributed by atoms with Crippen LogP contribution < -0.4 is 0 Å². The molecule has 0 bridgehead atoms. The summed E-state index contributed by atoms with van der Waals surface area (Å²) < 4.78 is 4.78. The van der Waals surface area contributed by atoms with Crippen LogP contribution in [0.15, 0.2) is 0 Å². The van der Waals surface area contributed by atoms with Gasteiger partial charge in [0.1, 0.15) is 6.10 Å². The Bertz CT molecular complexity index is 86.5. The van der Waals surface area contributed by atoms with E-state index >= 15 is 0 Å². The normalized spacial score (nSPS) is 16.4. The minimum absolute atomic E-state index is 0.0162. The van der Waals surface area contributed by atoms with E-state index in [1.807, 2.05) is 6.92 Å². The van der Waals surface area contributed by atoms with E-state index in [-0.39, 0.29) is 13.2 Å². The first-order valence-electron chi connectivity index (χ1n) is 3.79. The lowest BCUT2D eigenvalue weighted by atomic mass is 10.3. The van der Waals surface area contributed by atoms with Gasteiger partial charge < -0.3 is 20.1 Å². The summed E-state index contributed by atoms with van der Waals surface area (Å²) in [7, 11) is 0. The number of hydrogen-bond donors (Lipinski definition) is 3. The first-order valence-corrected chi connectivity index (χ1v) is 3.79. The molecule has 2 atom stereocenters. The molecule has 0 saturated carbocycles. The highest BCUT2D eigenvalue weighted by Crippen LogP contribution is 1.98. The van der Waals surface area contributed by atoms with E-state index in [1.165, 1.54) is 0 Å². The lowest BCUT2D eigenvalue weighted by Crippen LogP contribution is -2.24. The maximum atomic E-state index is 8.98. The summed E-state index contributed by atoms with van der Waals surface area (Å²) >= 11 is 0. The van der Waals surface area contributed by atoms with Gasteiger partial charge in [0, 0.05) is 0 Å². The number of aliphatic hydroxyl groups is 3. The molecule has 11 heavy (non-hydrogen) atoms. The third-order valence-corrected chi connectivity index (χ3v) is 1.23. The molecule has 0 aromatic rings. The third-order valence-electron chi connectivity index (χ3n) is 1.23. The SMILES string of the molecule is CCCC(O)OCC(O)CO. The van der Waals surface area contributed by atoms with Gasteiger partial charge in [-0.25, -0.2) is 0 Å². The largest absolute Gasteiger partial charge is 0.394 e. The predicted octanol–water partition coefficient (Wildman–Crippen LogP) is -0.525. The van der Waals surface area contributed by atoms with Crippen molar-refractivity contribution < 1.29 is 20.1 Å². The first kappa shape index (κ1) is 10.8. The van der Waals surface area contributed by atoms with Gasteiger partial charge in [-0.05, 0) is 6.42 Å². The van der Waals surface area contributed by atoms with E-state index in [0.29, 0.717) is 6.42 Å². The van der Waals surface area contributed by atoms with Gasteiger partial charge in [-0.15, -0.1) is 0 Å². The average Bonchev–Trinajstić information content (AvgIpc) is 2.01. The van der Waals surface area contributed by atoms with Crippen LogP contribution in [0.25, 0.3) is 0 Å². The molecule has 0 spiro atoms.